The number of aromatic amines is 1. The molecular weight excluding hydrogens is 234 g/mol. The molecule has 0 fully saturated rings. The van der Waals surface area contributed by atoms with Gasteiger partial charge in [-0.05, 0) is 6.92 Å². The first-order chi connectivity index (χ1) is 8.59. The second-order valence-electron chi connectivity index (χ2n) is 3.91. The van der Waals surface area contributed by atoms with Crippen molar-refractivity contribution in [1.29, 1.82) is 0 Å². The van der Waals surface area contributed by atoms with Crippen LogP contribution in [0.5, 0.6) is 0 Å². The molecule has 1 amide bonds. The van der Waals surface area contributed by atoms with Crippen LogP contribution in [0.2, 0.25) is 0 Å². The van der Waals surface area contributed by atoms with E-state index < -0.39 is 0 Å². The van der Waals surface area contributed by atoms with E-state index >= 15 is 0 Å². The van der Waals surface area contributed by atoms with Crippen molar-refractivity contribution in [2.24, 2.45) is 7.05 Å². The zero-order valence-electron chi connectivity index (χ0n) is 10.3. The quantitative estimate of drug-likeness (QED) is 0.669. The van der Waals surface area contributed by atoms with Gasteiger partial charge in [-0.15, -0.1) is 0 Å². The SMILES string of the molecule is Cc1nn(C)c(C(=O)NCCc2ncn[nH]2)c1N. The van der Waals surface area contributed by atoms with Crippen LogP contribution < -0.4 is 11.1 Å². The van der Waals surface area contributed by atoms with E-state index in [0.29, 0.717) is 30.0 Å². The van der Waals surface area contributed by atoms with E-state index in [1.54, 1.807) is 14.0 Å². The largest absolute Gasteiger partial charge is 0.395 e. The topological polar surface area (TPSA) is 115 Å². The molecule has 2 aromatic heterocycles. The van der Waals surface area contributed by atoms with Crippen molar-refractivity contribution in [3.63, 3.8) is 0 Å². The normalized spacial score (nSPS) is 10.6. The predicted octanol–water partition coefficient (Wildman–Crippen LogP) is -0.599. The molecule has 0 bridgehead atoms. The van der Waals surface area contributed by atoms with Crippen LogP contribution in [0, 0.1) is 6.92 Å². The number of aryl methyl sites for hydroxylation is 2. The molecule has 4 N–H and O–H groups in total. The van der Waals surface area contributed by atoms with Gasteiger partial charge in [-0.1, -0.05) is 0 Å². The van der Waals surface area contributed by atoms with E-state index in [0.717, 1.165) is 5.82 Å². The lowest BCUT2D eigenvalue weighted by Gasteiger charge is -2.05. The summed E-state index contributed by atoms with van der Waals surface area (Å²) in [6, 6.07) is 0. The zero-order valence-corrected chi connectivity index (χ0v) is 10.3. The fourth-order valence-electron chi connectivity index (χ4n) is 1.67. The van der Waals surface area contributed by atoms with Gasteiger partial charge in [0.05, 0.1) is 11.4 Å². The Kier molecular flexibility index (Phi) is 3.26. The standard InChI is InChI=1S/C10H15N7O/c1-6-8(11)9(17(2)16-6)10(18)12-4-3-7-13-5-14-15-7/h5H,3-4,11H2,1-2H3,(H,12,18)(H,13,14,15). The highest BCUT2D eigenvalue weighted by Gasteiger charge is 2.17. The van der Waals surface area contributed by atoms with Crippen LogP contribution in [0.4, 0.5) is 5.69 Å². The highest BCUT2D eigenvalue weighted by molar-refractivity contribution is 5.97. The number of carbonyl (C=O) groups is 1. The second-order valence-corrected chi connectivity index (χ2v) is 3.91. The van der Waals surface area contributed by atoms with Crippen LogP contribution in [0.25, 0.3) is 0 Å². The molecule has 0 aromatic carbocycles. The number of nitrogens with one attached hydrogen (secondary N) is 2. The summed E-state index contributed by atoms with van der Waals surface area (Å²) in [6.45, 7) is 2.22. The summed E-state index contributed by atoms with van der Waals surface area (Å²) in [5.41, 5.74) is 7.24. The van der Waals surface area contributed by atoms with Crippen LogP contribution in [-0.2, 0) is 13.5 Å². The Labute approximate surface area is 104 Å². The van der Waals surface area contributed by atoms with Crippen LogP contribution in [0.3, 0.4) is 0 Å². The first kappa shape index (κ1) is 12.1. The molecular formula is C10H15N7O. The van der Waals surface area contributed by atoms with Crippen molar-refractivity contribution in [2.75, 3.05) is 12.3 Å². The second kappa shape index (κ2) is 4.86. The number of rotatable bonds is 4. The summed E-state index contributed by atoms with van der Waals surface area (Å²) in [5, 5.41) is 13.3. The number of amides is 1. The molecule has 0 unspecified atom stereocenters. The maximum Gasteiger partial charge on any atom is 0.271 e. The molecule has 0 aliphatic rings. The lowest BCUT2D eigenvalue weighted by atomic mass is 10.3. The number of anilines is 1. The number of nitrogens with two attached hydrogens (primary N) is 1. The third-order valence-electron chi connectivity index (χ3n) is 2.60. The maximum absolute atomic E-state index is 11.9. The van der Waals surface area contributed by atoms with E-state index in [1.807, 2.05) is 0 Å². The Balaban J connectivity index is 1.95. The number of H-pyrrole nitrogens is 1. The van der Waals surface area contributed by atoms with Crippen molar-refractivity contribution in [2.45, 2.75) is 13.3 Å². The van der Waals surface area contributed by atoms with Crippen LogP contribution in [-0.4, -0.2) is 37.4 Å². The number of hydrogen-bond donors (Lipinski definition) is 3. The summed E-state index contributed by atoms with van der Waals surface area (Å²) in [5.74, 6) is 0.486. The van der Waals surface area contributed by atoms with Crippen molar-refractivity contribution < 1.29 is 4.79 Å². The molecule has 0 aliphatic carbocycles. The molecule has 2 heterocycles. The average Bonchev–Trinajstić information content (AvgIpc) is 2.89. The summed E-state index contributed by atoms with van der Waals surface area (Å²) < 4.78 is 1.48. The summed E-state index contributed by atoms with van der Waals surface area (Å²) in [7, 11) is 1.69. The molecule has 0 aliphatic heterocycles. The molecule has 0 saturated carbocycles. The molecule has 8 heteroatoms. The number of nitrogen functional groups attached to an aromatic ring is 1. The minimum absolute atomic E-state index is 0.241. The van der Waals surface area contributed by atoms with Gasteiger partial charge in [-0.2, -0.15) is 10.2 Å². The highest BCUT2D eigenvalue weighted by Crippen LogP contribution is 2.14. The smallest absolute Gasteiger partial charge is 0.271 e. The van der Waals surface area contributed by atoms with E-state index in [1.165, 1.54) is 11.0 Å². The monoisotopic (exact) mass is 249 g/mol. The Morgan fingerprint density at radius 2 is 2.39 bits per heavy atom. The number of aromatic nitrogens is 5. The molecule has 2 aromatic rings. The van der Waals surface area contributed by atoms with Gasteiger partial charge >= 0.3 is 0 Å². The molecule has 8 nitrogen and oxygen atoms in total. The molecule has 0 saturated heterocycles. The first-order valence-corrected chi connectivity index (χ1v) is 5.51. The molecule has 0 radical (unpaired) electrons. The van der Waals surface area contributed by atoms with Gasteiger partial charge in [-0.3, -0.25) is 14.6 Å². The van der Waals surface area contributed by atoms with Gasteiger partial charge in [0.1, 0.15) is 17.8 Å². The van der Waals surface area contributed by atoms with Gasteiger partial charge in [0.25, 0.3) is 5.91 Å². The fraction of sp³-hybridized carbons (Fsp3) is 0.400. The molecule has 2 rings (SSSR count). The number of carbonyl (C=O) groups excluding carboxylic acids is 1. The van der Waals surface area contributed by atoms with Gasteiger partial charge in [0, 0.05) is 20.0 Å². The van der Waals surface area contributed by atoms with Gasteiger partial charge in [0.2, 0.25) is 0 Å². The van der Waals surface area contributed by atoms with Crippen molar-refractivity contribution >= 4 is 11.6 Å². The van der Waals surface area contributed by atoms with E-state index in [4.69, 9.17) is 5.73 Å². The molecule has 0 atom stereocenters. The number of nitrogens with zero attached hydrogens (tertiary/aromatic N) is 4. The van der Waals surface area contributed by atoms with Gasteiger partial charge in [0.15, 0.2) is 0 Å². The van der Waals surface area contributed by atoms with Crippen molar-refractivity contribution in [1.82, 2.24) is 30.3 Å². The lowest BCUT2D eigenvalue weighted by molar-refractivity contribution is 0.0945. The Hall–Kier alpha value is -2.38. The summed E-state index contributed by atoms with van der Waals surface area (Å²) in [6.07, 6.45) is 2.02. The third kappa shape index (κ3) is 2.31. The van der Waals surface area contributed by atoms with Gasteiger partial charge in [-0.25, -0.2) is 4.98 Å². The minimum atomic E-state index is -0.241. The fourth-order valence-corrected chi connectivity index (χ4v) is 1.67. The average molecular weight is 249 g/mol. The summed E-state index contributed by atoms with van der Waals surface area (Å²) in [4.78, 5) is 15.9. The van der Waals surface area contributed by atoms with Crippen molar-refractivity contribution in [3.05, 3.63) is 23.5 Å². The number of hydrogen-bond acceptors (Lipinski definition) is 5. The Morgan fingerprint density at radius 1 is 1.61 bits per heavy atom. The van der Waals surface area contributed by atoms with E-state index in [-0.39, 0.29) is 5.91 Å². The third-order valence-corrected chi connectivity index (χ3v) is 2.60. The molecule has 0 spiro atoms. The Bertz CT molecular complexity index is 543. The van der Waals surface area contributed by atoms with E-state index in [9.17, 15) is 4.79 Å². The van der Waals surface area contributed by atoms with Crippen molar-refractivity contribution in [3.8, 4) is 0 Å². The molecule has 96 valence electrons. The molecule has 18 heavy (non-hydrogen) atoms. The maximum atomic E-state index is 11.9. The van der Waals surface area contributed by atoms with Crippen LogP contribution in [0.15, 0.2) is 6.33 Å². The van der Waals surface area contributed by atoms with E-state index in [2.05, 4.69) is 25.6 Å². The van der Waals surface area contributed by atoms with Gasteiger partial charge < -0.3 is 11.1 Å². The minimum Gasteiger partial charge on any atom is -0.395 e. The lowest BCUT2D eigenvalue weighted by Crippen LogP contribution is -2.28. The Morgan fingerprint density at radius 3 is 2.94 bits per heavy atom. The first-order valence-electron chi connectivity index (χ1n) is 5.51. The predicted molar refractivity (Wildman–Crippen MR) is 64.8 cm³/mol. The highest BCUT2D eigenvalue weighted by atomic mass is 16.2. The zero-order chi connectivity index (χ0) is 13.1. The summed E-state index contributed by atoms with van der Waals surface area (Å²) >= 11 is 0. The van der Waals surface area contributed by atoms with Crippen LogP contribution in [0.1, 0.15) is 22.0 Å². The van der Waals surface area contributed by atoms with Crippen LogP contribution >= 0.6 is 0 Å².